The highest BCUT2D eigenvalue weighted by Crippen LogP contribution is 2.37. The number of hydrogen-bond acceptors (Lipinski definition) is 11. The number of anilines is 2. The van der Waals surface area contributed by atoms with Gasteiger partial charge in [0.05, 0.1) is 62.5 Å². The third-order valence-corrected chi connectivity index (χ3v) is 6.38. The lowest BCUT2D eigenvalue weighted by molar-refractivity contribution is 0.284. The Balaban J connectivity index is 1.60. The molecule has 0 spiro atoms. The van der Waals surface area contributed by atoms with Gasteiger partial charge < -0.3 is 23.5 Å². The minimum atomic E-state index is -2.64. The van der Waals surface area contributed by atoms with Gasteiger partial charge in [-0.3, -0.25) is 13.8 Å². The first-order valence-corrected chi connectivity index (χ1v) is 12.9. The zero-order valence-electron chi connectivity index (χ0n) is 21.7. The minimum absolute atomic E-state index is 0.0199. The number of methoxy groups -OCH3 is 2. The number of pyridine rings is 1. The highest BCUT2D eigenvalue weighted by atomic mass is 32.2. The van der Waals surface area contributed by atoms with Gasteiger partial charge >= 0.3 is 0 Å². The first-order valence-electron chi connectivity index (χ1n) is 11.9. The first kappa shape index (κ1) is 27.1. The third-order valence-electron chi connectivity index (χ3n) is 6.02. The minimum Gasteiger partial charge on any atom is -0.750 e. The van der Waals surface area contributed by atoms with E-state index in [1.54, 1.807) is 58.1 Å². The van der Waals surface area contributed by atoms with Crippen LogP contribution in [0.25, 0.3) is 22.4 Å². The smallest absolute Gasteiger partial charge is 0.188 e. The Hall–Kier alpha value is -4.47. The maximum atomic E-state index is 15.7. The molecule has 15 heteroatoms. The molecule has 0 bridgehead atoms. The summed E-state index contributed by atoms with van der Waals surface area (Å²) in [6.45, 7) is 0.156. The summed E-state index contributed by atoms with van der Waals surface area (Å²) in [7, 11) is 4.64. The van der Waals surface area contributed by atoms with Crippen LogP contribution in [0.3, 0.4) is 0 Å². The van der Waals surface area contributed by atoms with Crippen LogP contribution in [0.1, 0.15) is 5.82 Å². The Morgan fingerprint density at radius 3 is 2.70 bits per heavy atom. The summed E-state index contributed by atoms with van der Waals surface area (Å²) in [4.78, 5) is 19.9. The van der Waals surface area contributed by atoms with Crippen molar-refractivity contribution < 1.29 is 26.8 Å². The van der Waals surface area contributed by atoms with Crippen molar-refractivity contribution in [3.63, 3.8) is 0 Å². The molecular weight excluding hydrogens is 543 g/mol. The summed E-state index contributed by atoms with van der Waals surface area (Å²) in [6, 6.07) is 6.41. The number of aromatic nitrogens is 7. The highest BCUT2D eigenvalue weighted by molar-refractivity contribution is 7.74. The number of aryl methyl sites for hydroxylation is 1. The van der Waals surface area contributed by atoms with Gasteiger partial charge in [-0.15, -0.1) is 0 Å². The maximum Gasteiger partial charge on any atom is 0.188 e. The standard InChI is InChI=1S/C25H25FN8O5S/c1-32-14-16(12-29-32)19-13-28-18-4-5-22(31-25(18)30-19)34(20-10-17(37-2)11-21(38-3)24(20)26)15-23-27-6-7-33(23)8-9-39-40(35)36/h4-7,10-14H,8-9,15H2,1-3H3,(H,35,36)/p-1. The van der Waals surface area contributed by atoms with Crippen molar-refractivity contribution in [2.45, 2.75) is 13.1 Å². The summed E-state index contributed by atoms with van der Waals surface area (Å²) < 4.78 is 56.0. The first-order chi connectivity index (χ1) is 19.4. The summed E-state index contributed by atoms with van der Waals surface area (Å²) in [5, 5.41) is 4.18. The van der Waals surface area contributed by atoms with E-state index in [0.29, 0.717) is 34.2 Å². The molecule has 0 aliphatic heterocycles. The van der Waals surface area contributed by atoms with Crippen molar-refractivity contribution >= 4 is 34.0 Å². The number of fused-ring (bicyclic) bond motifs is 1. The lowest BCUT2D eigenvalue weighted by Crippen LogP contribution is -2.23. The van der Waals surface area contributed by atoms with Gasteiger partial charge in [0, 0.05) is 49.9 Å². The highest BCUT2D eigenvalue weighted by Gasteiger charge is 2.23. The zero-order valence-corrected chi connectivity index (χ0v) is 22.5. The SMILES string of the molecule is COc1cc(OC)c(F)c(N(Cc2nccn2CCOS(=O)[O-])c2ccc3ncc(-c4cnn(C)c4)nc3n2)c1. The predicted molar refractivity (Wildman–Crippen MR) is 142 cm³/mol. The number of halogens is 1. The van der Waals surface area contributed by atoms with E-state index in [1.807, 2.05) is 6.20 Å². The van der Waals surface area contributed by atoms with Crippen molar-refractivity contribution in [2.75, 3.05) is 25.7 Å². The van der Waals surface area contributed by atoms with E-state index in [9.17, 15) is 8.76 Å². The molecule has 0 N–H and O–H groups in total. The van der Waals surface area contributed by atoms with Crippen LogP contribution in [0, 0.1) is 5.82 Å². The zero-order chi connectivity index (χ0) is 28.2. The average Bonchev–Trinajstić information content (AvgIpc) is 3.59. The van der Waals surface area contributed by atoms with Crippen LogP contribution in [-0.2, 0) is 35.7 Å². The molecule has 208 valence electrons. The van der Waals surface area contributed by atoms with Gasteiger partial charge in [-0.05, 0) is 12.1 Å². The quantitative estimate of drug-likeness (QED) is 0.217. The van der Waals surface area contributed by atoms with Crippen molar-refractivity contribution in [3.05, 3.63) is 66.9 Å². The second-order valence-corrected chi connectivity index (χ2v) is 9.13. The molecule has 1 aromatic carbocycles. The summed E-state index contributed by atoms with van der Waals surface area (Å²) in [6.07, 6.45) is 8.36. The lowest BCUT2D eigenvalue weighted by atomic mass is 10.2. The molecule has 0 amide bonds. The van der Waals surface area contributed by atoms with Gasteiger partial charge in [-0.2, -0.15) is 5.10 Å². The van der Waals surface area contributed by atoms with Crippen LogP contribution < -0.4 is 14.4 Å². The summed E-state index contributed by atoms with van der Waals surface area (Å²) in [5.41, 5.74) is 2.36. The van der Waals surface area contributed by atoms with E-state index in [4.69, 9.17) is 14.5 Å². The lowest BCUT2D eigenvalue weighted by Gasteiger charge is -2.26. The van der Waals surface area contributed by atoms with E-state index in [0.717, 1.165) is 5.56 Å². The summed E-state index contributed by atoms with van der Waals surface area (Å²) >= 11 is -2.64. The monoisotopic (exact) mass is 567 g/mol. The van der Waals surface area contributed by atoms with E-state index in [1.165, 1.54) is 26.4 Å². The molecule has 5 rings (SSSR count). The van der Waals surface area contributed by atoms with E-state index >= 15 is 4.39 Å². The van der Waals surface area contributed by atoms with Crippen molar-refractivity contribution in [1.82, 2.24) is 34.3 Å². The molecule has 13 nitrogen and oxygen atoms in total. The van der Waals surface area contributed by atoms with E-state index < -0.39 is 17.2 Å². The summed E-state index contributed by atoms with van der Waals surface area (Å²) in [5.74, 6) is 0.564. The van der Waals surface area contributed by atoms with Crippen LogP contribution in [0.4, 0.5) is 15.9 Å². The fourth-order valence-electron chi connectivity index (χ4n) is 4.08. The number of hydrogen-bond donors (Lipinski definition) is 0. The van der Waals surface area contributed by atoms with Crippen LogP contribution in [-0.4, -0.2) is 63.9 Å². The van der Waals surface area contributed by atoms with Gasteiger partial charge in [0.25, 0.3) is 0 Å². The molecule has 0 saturated carbocycles. The molecule has 0 radical (unpaired) electrons. The molecule has 0 saturated heterocycles. The predicted octanol–water partition coefficient (Wildman–Crippen LogP) is 2.93. The topological polar surface area (TPSA) is 145 Å². The van der Waals surface area contributed by atoms with Crippen LogP contribution in [0.2, 0.25) is 0 Å². The second kappa shape index (κ2) is 11.7. The van der Waals surface area contributed by atoms with Gasteiger partial charge in [0.2, 0.25) is 0 Å². The third kappa shape index (κ3) is 5.75. The van der Waals surface area contributed by atoms with Crippen LogP contribution in [0.15, 0.2) is 55.2 Å². The molecule has 0 aliphatic carbocycles. The second-order valence-electron chi connectivity index (χ2n) is 8.48. The van der Waals surface area contributed by atoms with Gasteiger partial charge in [-0.1, -0.05) is 0 Å². The Kier molecular flexibility index (Phi) is 7.95. The molecule has 0 fully saturated rings. The largest absolute Gasteiger partial charge is 0.750 e. The van der Waals surface area contributed by atoms with E-state index in [2.05, 4.69) is 24.2 Å². The van der Waals surface area contributed by atoms with E-state index in [-0.39, 0.29) is 31.1 Å². The van der Waals surface area contributed by atoms with Crippen molar-refractivity contribution in [3.8, 4) is 22.8 Å². The molecule has 5 aromatic rings. The number of benzene rings is 1. The maximum absolute atomic E-state index is 15.7. The van der Waals surface area contributed by atoms with Gasteiger partial charge in [0.1, 0.15) is 22.9 Å². The molecule has 1 unspecified atom stereocenters. The molecule has 1 atom stereocenters. The fourth-order valence-corrected chi connectivity index (χ4v) is 4.29. The Bertz CT molecular complexity index is 1680. The molecule has 40 heavy (non-hydrogen) atoms. The number of nitrogens with zero attached hydrogens (tertiary/aromatic N) is 8. The van der Waals surface area contributed by atoms with Crippen molar-refractivity contribution in [2.24, 2.45) is 7.05 Å². The van der Waals surface area contributed by atoms with Crippen molar-refractivity contribution in [1.29, 1.82) is 0 Å². The number of ether oxygens (including phenoxy) is 2. The average molecular weight is 568 g/mol. The normalized spacial score (nSPS) is 12.0. The van der Waals surface area contributed by atoms with Crippen LogP contribution in [0.5, 0.6) is 11.5 Å². The molecular formula is C25H24FN8O5S-. The molecule has 0 aliphatic rings. The Morgan fingerprint density at radius 2 is 1.98 bits per heavy atom. The van der Waals surface area contributed by atoms with Crippen LogP contribution >= 0.6 is 0 Å². The Labute approximate surface area is 230 Å². The molecule has 4 heterocycles. The molecule has 4 aromatic heterocycles. The fraction of sp³-hybridized carbons (Fsp3) is 0.240. The van der Waals surface area contributed by atoms with Gasteiger partial charge in [-0.25, -0.2) is 23.6 Å². The number of rotatable bonds is 11. The van der Waals surface area contributed by atoms with Gasteiger partial charge in [0.15, 0.2) is 17.2 Å². The number of imidazole rings is 1. The Morgan fingerprint density at radius 1 is 1.12 bits per heavy atom.